The molecule has 0 bridgehead atoms. The number of hydrogen-bond acceptors (Lipinski definition) is 6. The van der Waals surface area contributed by atoms with E-state index in [4.69, 9.17) is 0 Å². The Balaban J connectivity index is 1.50. The smallest absolute Gasteiger partial charge is 0.238 e. The molecule has 3 aromatic rings. The van der Waals surface area contributed by atoms with Crippen molar-refractivity contribution in [3.63, 3.8) is 0 Å². The number of carbonyl (C=O) groups excluding carboxylic acids is 1. The quantitative estimate of drug-likeness (QED) is 0.564. The van der Waals surface area contributed by atoms with Crippen LogP contribution in [0.1, 0.15) is 52.1 Å². The minimum absolute atomic E-state index is 0.0733. The molecule has 9 heteroatoms. The summed E-state index contributed by atoms with van der Waals surface area (Å²) in [4.78, 5) is 16.9. The van der Waals surface area contributed by atoms with Gasteiger partial charge in [-0.3, -0.25) is 14.3 Å². The molecule has 1 N–H and O–H groups in total. The highest BCUT2D eigenvalue weighted by molar-refractivity contribution is 8.00. The van der Waals surface area contributed by atoms with Gasteiger partial charge in [0.15, 0.2) is 11.0 Å². The number of pyridine rings is 1. The molecule has 2 atom stereocenters. The molecule has 0 unspecified atom stereocenters. The summed E-state index contributed by atoms with van der Waals surface area (Å²) in [5.74, 6) is 1.48. The Morgan fingerprint density at radius 3 is 2.66 bits per heavy atom. The van der Waals surface area contributed by atoms with Gasteiger partial charge in [-0.25, -0.2) is 4.68 Å². The van der Waals surface area contributed by atoms with Crippen LogP contribution in [0.15, 0.2) is 41.9 Å². The highest BCUT2D eigenvalue weighted by Gasteiger charge is 2.31. The van der Waals surface area contributed by atoms with Crippen LogP contribution in [0.4, 0.5) is 5.82 Å². The molecule has 1 aliphatic carbocycles. The third-order valence-electron chi connectivity index (χ3n) is 5.10. The molecule has 29 heavy (non-hydrogen) atoms. The van der Waals surface area contributed by atoms with E-state index < -0.39 is 0 Å². The van der Waals surface area contributed by atoms with Crippen LogP contribution >= 0.6 is 11.8 Å². The number of hydrogen-bond donors (Lipinski definition) is 1. The fourth-order valence-electron chi connectivity index (χ4n) is 3.09. The number of amides is 1. The van der Waals surface area contributed by atoms with Crippen LogP contribution < -0.4 is 5.32 Å². The molecule has 0 aliphatic heterocycles. The first-order valence-electron chi connectivity index (χ1n) is 9.94. The maximum Gasteiger partial charge on any atom is 0.238 e. The van der Waals surface area contributed by atoms with Crippen molar-refractivity contribution in [2.45, 2.75) is 62.5 Å². The van der Waals surface area contributed by atoms with E-state index in [0.29, 0.717) is 6.04 Å². The van der Waals surface area contributed by atoms with E-state index in [1.54, 1.807) is 18.6 Å². The van der Waals surface area contributed by atoms with Gasteiger partial charge in [0.1, 0.15) is 5.82 Å². The van der Waals surface area contributed by atoms with Crippen molar-refractivity contribution < 1.29 is 4.79 Å². The normalized spacial score (nSPS) is 15.8. The van der Waals surface area contributed by atoms with Crippen LogP contribution in [0.25, 0.3) is 11.4 Å². The summed E-state index contributed by atoms with van der Waals surface area (Å²) in [6.45, 7) is 6.07. The van der Waals surface area contributed by atoms with Crippen LogP contribution in [-0.2, 0) is 4.79 Å². The minimum atomic E-state index is -0.317. The van der Waals surface area contributed by atoms with Crippen molar-refractivity contribution in [1.29, 1.82) is 0 Å². The summed E-state index contributed by atoms with van der Waals surface area (Å²) in [5, 5.41) is 16.6. The van der Waals surface area contributed by atoms with E-state index in [0.717, 1.165) is 41.6 Å². The van der Waals surface area contributed by atoms with Gasteiger partial charge < -0.3 is 5.32 Å². The van der Waals surface area contributed by atoms with Crippen molar-refractivity contribution in [3.05, 3.63) is 36.8 Å². The zero-order valence-corrected chi connectivity index (χ0v) is 17.6. The van der Waals surface area contributed by atoms with Gasteiger partial charge >= 0.3 is 0 Å². The van der Waals surface area contributed by atoms with E-state index in [2.05, 4.69) is 44.0 Å². The van der Waals surface area contributed by atoms with Crippen molar-refractivity contribution >= 4 is 23.5 Å². The Bertz CT molecular complexity index is 980. The van der Waals surface area contributed by atoms with Crippen LogP contribution in [0.3, 0.4) is 0 Å². The standard InChI is InChI=1S/C20H25N7OS/c1-4-13(2)27-17(9-12-22-27)23-19(28)14(3)29-20-25-24-18(26(20)16-5-6-16)15-7-10-21-11-8-15/h7-14,16H,4-6H2,1-3H3,(H,23,28)/t13-,14-/m1/s1. The van der Waals surface area contributed by atoms with E-state index >= 15 is 0 Å². The monoisotopic (exact) mass is 411 g/mol. The highest BCUT2D eigenvalue weighted by atomic mass is 32.2. The Kier molecular flexibility index (Phi) is 5.66. The molecule has 0 aromatic carbocycles. The maximum atomic E-state index is 12.8. The molecule has 0 saturated heterocycles. The lowest BCUT2D eigenvalue weighted by Gasteiger charge is -2.16. The molecule has 0 spiro atoms. The molecule has 3 aromatic heterocycles. The lowest BCUT2D eigenvalue weighted by atomic mass is 10.2. The molecule has 152 valence electrons. The summed E-state index contributed by atoms with van der Waals surface area (Å²) < 4.78 is 4.01. The predicted molar refractivity (Wildman–Crippen MR) is 113 cm³/mol. The molecule has 1 aliphatic rings. The van der Waals surface area contributed by atoms with Crippen molar-refractivity contribution in [3.8, 4) is 11.4 Å². The van der Waals surface area contributed by atoms with Crippen molar-refractivity contribution in [2.24, 2.45) is 0 Å². The molecule has 4 rings (SSSR count). The van der Waals surface area contributed by atoms with Gasteiger partial charge in [-0.05, 0) is 45.2 Å². The van der Waals surface area contributed by atoms with Gasteiger partial charge in [-0.1, -0.05) is 18.7 Å². The van der Waals surface area contributed by atoms with Crippen molar-refractivity contribution in [1.82, 2.24) is 29.5 Å². The van der Waals surface area contributed by atoms with Gasteiger partial charge in [-0.15, -0.1) is 10.2 Å². The lowest BCUT2D eigenvalue weighted by Crippen LogP contribution is -2.25. The predicted octanol–water partition coefficient (Wildman–Crippen LogP) is 3.96. The third-order valence-corrected chi connectivity index (χ3v) is 6.15. The first-order valence-corrected chi connectivity index (χ1v) is 10.8. The zero-order chi connectivity index (χ0) is 20.4. The average molecular weight is 412 g/mol. The summed E-state index contributed by atoms with van der Waals surface area (Å²) in [5.41, 5.74) is 0.987. The number of rotatable bonds is 8. The Morgan fingerprint density at radius 2 is 1.97 bits per heavy atom. The number of aromatic nitrogens is 6. The van der Waals surface area contributed by atoms with Crippen LogP contribution in [0.2, 0.25) is 0 Å². The fraction of sp³-hybridized carbons (Fsp3) is 0.450. The van der Waals surface area contributed by atoms with E-state index in [9.17, 15) is 4.79 Å². The van der Waals surface area contributed by atoms with E-state index in [-0.39, 0.29) is 17.2 Å². The van der Waals surface area contributed by atoms with Crippen LogP contribution in [-0.4, -0.2) is 40.7 Å². The number of nitrogens with zero attached hydrogens (tertiary/aromatic N) is 6. The van der Waals surface area contributed by atoms with Gasteiger partial charge in [0.05, 0.1) is 17.5 Å². The second-order valence-corrected chi connectivity index (χ2v) is 8.62. The van der Waals surface area contributed by atoms with Crippen LogP contribution in [0.5, 0.6) is 0 Å². The second kappa shape index (κ2) is 8.36. The molecule has 0 radical (unpaired) electrons. The van der Waals surface area contributed by atoms with Crippen LogP contribution in [0, 0.1) is 0 Å². The van der Waals surface area contributed by atoms with Gasteiger partial charge in [0.25, 0.3) is 0 Å². The number of anilines is 1. The SMILES string of the molecule is CC[C@@H](C)n1nccc1NC(=O)[C@@H](C)Sc1nnc(-c2ccncc2)n1C1CC1. The van der Waals surface area contributed by atoms with E-state index in [1.165, 1.54) is 11.8 Å². The Morgan fingerprint density at radius 1 is 1.21 bits per heavy atom. The largest absolute Gasteiger partial charge is 0.310 e. The van der Waals surface area contributed by atoms with Gasteiger partial charge in [-0.2, -0.15) is 5.10 Å². The zero-order valence-electron chi connectivity index (χ0n) is 16.8. The van der Waals surface area contributed by atoms with Gasteiger partial charge in [0, 0.05) is 30.1 Å². The molecule has 1 fully saturated rings. The Labute approximate surface area is 174 Å². The summed E-state index contributed by atoms with van der Waals surface area (Å²) in [7, 11) is 0. The average Bonchev–Trinajstić information content (AvgIpc) is 3.33. The summed E-state index contributed by atoms with van der Waals surface area (Å²) in [6, 6.07) is 6.32. The molecular formula is C20H25N7OS. The highest BCUT2D eigenvalue weighted by Crippen LogP contribution is 2.41. The van der Waals surface area contributed by atoms with E-state index in [1.807, 2.05) is 29.8 Å². The van der Waals surface area contributed by atoms with Gasteiger partial charge in [0.2, 0.25) is 5.91 Å². The maximum absolute atomic E-state index is 12.8. The number of carbonyl (C=O) groups is 1. The molecule has 1 saturated carbocycles. The second-order valence-electron chi connectivity index (χ2n) is 7.31. The number of nitrogens with one attached hydrogen (secondary N) is 1. The lowest BCUT2D eigenvalue weighted by molar-refractivity contribution is -0.115. The Hall–Kier alpha value is -2.68. The summed E-state index contributed by atoms with van der Waals surface area (Å²) >= 11 is 1.44. The minimum Gasteiger partial charge on any atom is -0.310 e. The first kappa shape index (κ1) is 19.6. The van der Waals surface area contributed by atoms with Crippen molar-refractivity contribution in [2.75, 3.05) is 5.32 Å². The molecule has 3 heterocycles. The third kappa shape index (κ3) is 4.19. The summed E-state index contributed by atoms with van der Waals surface area (Å²) in [6.07, 6.45) is 8.38. The topological polar surface area (TPSA) is 90.5 Å². The molecule has 8 nitrogen and oxygen atoms in total. The molecular weight excluding hydrogens is 386 g/mol. The molecule has 1 amide bonds. The first-order chi connectivity index (χ1) is 14.1. The fourth-order valence-corrected chi connectivity index (χ4v) is 4.01. The number of thioether (sulfide) groups is 1.